The van der Waals surface area contributed by atoms with E-state index < -0.39 is 28.9 Å². The molecule has 4 rings (SSSR count). The number of alkyl halides is 3. The van der Waals surface area contributed by atoms with Crippen LogP contribution in [-0.2, 0) is 11.3 Å². The Morgan fingerprint density at radius 3 is 2.20 bits per heavy atom. The molecule has 1 aromatic heterocycles. The van der Waals surface area contributed by atoms with Gasteiger partial charge in [-0.25, -0.2) is 14.7 Å². The zero-order valence-electron chi connectivity index (χ0n) is 21.9. The first-order chi connectivity index (χ1) is 18.8. The first kappa shape index (κ1) is 28.7. The fraction of sp³-hybridized carbons (Fsp3) is 0.259. The molecule has 2 aromatic carbocycles. The van der Waals surface area contributed by atoms with Gasteiger partial charge in [0.2, 0.25) is 0 Å². The molecule has 1 fully saturated rings. The number of pyridine rings is 1. The molecule has 1 aliphatic rings. The van der Waals surface area contributed by atoms with E-state index in [1.165, 1.54) is 49.6 Å². The zero-order chi connectivity index (χ0) is 29.2. The maximum atomic E-state index is 13.4. The highest BCUT2D eigenvalue weighted by atomic mass is 32.2. The predicted octanol–water partition coefficient (Wildman–Crippen LogP) is 5.71. The van der Waals surface area contributed by atoms with E-state index in [0.29, 0.717) is 17.1 Å². The van der Waals surface area contributed by atoms with Crippen LogP contribution in [-0.4, -0.2) is 53.0 Å². The smallest absolute Gasteiger partial charge is 0.446 e. The lowest BCUT2D eigenvalue weighted by molar-refractivity contribution is -0.123. The molecule has 13 heteroatoms. The number of carbonyl (C=O) groups excluding carboxylic acids is 3. The van der Waals surface area contributed by atoms with E-state index in [2.05, 4.69) is 10.3 Å². The fourth-order valence-corrected chi connectivity index (χ4v) is 4.62. The maximum Gasteiger partial charge on any atom is 0.446 e. The number of hydrogen-bond acceptors (Lipinski definition) is 7. The normalized spacial score (nSPS) is 14.9. The van der Waals surface area contributed by atoms with Crippen LogP contribution in [0.3, 0.4) is 0 Å². The van der Waals surface area contributed by atoms with Crippen LogP contribution < -0.4 is 19.7 Å². The Morgan fingerprint density at radius 1 is 1.00 bits per heavy atom. The van der Waals surface area contributed by atoms with Gasteiger partial charge in [-0.2, -0.15) is 13.2 Å². The Morgan fingerprint density at radius 2 is 1.62 bits per heavy atom. The molecule has 0 aliphatic carbocycles. The highest BCUT2D eigenvalue weighted by Crippen LogP contribution is 2.39. The summed E-state index contributed by atoms with van der Waals surface area (Å²) in [5, 5.41) is 2.70. The molecule has 0 atom stereocenters. The van der Waals surface area contributed by atoms with Gasteiger partial charge < -0.3 is 19.7 Å². The van der Waals surface area contributed by atoms with Crippen molar-refractivity contribution in [2.24, 2.45) is 0 Å². The van der Waals surface area contributed by atoms with Crippen LogP contribution >= 0.6 is 11.8 Å². The van der Waals surface area contributed by atoms with Gasteiger partial charge in [-0.15, -0.1) is 0 Å². The van der Waals surface area contributed by atoms with E-state index in [4.69, 9.17) is 9.47 Å². The average molecular weight is 575 g/mol. The van der Waals surface area contributed by atoms with Crippen LogP contribution in [0.2, 0.25) is 0 Å². The molecule has 40 heavy (non-hydrogen) atoms. The molecule has 1 N–H and O–H groups in total. The molecule has 0 bridgehead atoms. The van der Waals surface area contributed by atoms with E-state index >= 15 is 0 Å². The Labute approximate surface area is 232 Å². The Balaban J connectivity index is 1.52. The lowest BCUT2D eigenvalue weighted by atomic mass is 10.0. The second kappa shape index (κ2) is 11.1. The number of nitrogens with zero attached hydrogens (tertiary/aromatic N) is 3. The van der Waals surface area contributed by atoms with Gasteiger partial charge in [0.05, 0.1) is 19.9 Å². The van der Waals surface area contributed by atoms with E-state index in [1.807, 2.05) is 0 Å². The number of aromatic nitrogens is 1. The van der Waals surface area contributed by atoms with Crippen LogP contribution in [0.15, 0.2) is 65.7 Å². The van der Waals surface area contributed by atoms with Crippen molar-refractivity contribution in [2.45, 2.75) is 36.3 Å². The number of amides is 4. The summed E-state index contributed by atoms with van der Waals surface area (Å²) in [6.07, 6.45) is 1.46. The van der Waals surface area contributed by atoms with E-state index in [0.717, 1.165) is 4.90 Å². The summed E-state index contributed by atoms with van der Waals surface area (Å²) < 4.78 is 48.4. The number of halogens is 3. The number of thioether (sulfide) groups is 1. The minimum atomic E-state index is -4.46. The minimum absolute atomic E-state index is 0.00839. The number of nitrogens with one attached hydrogen (secondary N) is 1. The number of ether oxygens (including phenoxy) is 2. The van der Waals surface area contributed by atoms with Crippen LogP contribution in [0.4, 0.5) is 29.5 Å². The molecule has 4 amide bonds. The SMILES string of the molecule is COc1cc(OC)cc(C(=O)Nc2cc(CN3C(=O)N(c4ccc(SC(F)(F)F)cc4)C(=O)C3(C)C)ccn2)c1. The van der Waals surface area contributed by atoms with E-state index in [-0.39, 0.29) is 40.3 Å². The standard InChI is InChI=1S/C27H25F3N4O5S/c1-26(2)24(36)34(18-5-7-21(8-6-18)40-27(28,29)30)25(37)33(26)15-16-9-10-31-22(11-16)32-23(35)17-12-19(38-3)14-20(13-17)39-4/h5-14H,15H2,1-4H3,(H,31,32,35). The van der Waals surface area contributed by atoms with Gasteiger partial charge in [0.15, 0.2) is 0 Å². The minimum Gasteiger partial charge on any atom is -0.497 e. The molecule has 0 unspecified atom stereocenters. The Bertz CT molecular complexity index is 1420. The van der Waals surface area contributed by atoms with Gasteiger partial charge in [-0.3, -0.25) is 9.59 Å². The molecule has 3 aromatic rings. The Kier molecular flexibility index (Phi) is 7.96. The predicted molar refractivity (Wildman–Crippen MR) is 143 cm³/mol. The van der Waals surface area contributed by atoms with Crippen molar-refractivity contribution < 1.29 is 37.0 Å². The summed E-state index contributed by atoms with van der Waals surface area (Å²) in [7, 11) is 2.94. The summed E-state index contributed by atoms with van der Waals surface area (Å²) in [6, 6.07) is 12.3. The molecule has 9 nitrogen and oxygen atoms in total. The van der Waals surface area contributed by atoms with Crippen molar-refractivity contribution in [1.29, 1.82) is 0 Å². The van der Waals surface area contributed by atoms with Gasteiger partial charge >= 0.3 is 11.5 Å². The van der Waals surface area contributed by atoms with Crippen LogP contribution in [0.25, 0.3) is 0 Å². The van der Waals surface area contributed by atoms with Crippen molar-refractivity contribution in [3.63, 3.8) is 0 Å². The molecule has 0 radical (unpaired) electrons. The molecular formula is C27H25F3N4O5S. The highest BCUT2D eigenvalue weighted by Gasteiger charge is 2.51. The van der Waals surface area contributed by atoms with Crippen molar-refractivity contribution in [1.82, 2.24) is 9.88 Å². The number of benzene rings is 2. The monoisotopic (exact) mass is 574 g/mol. The molecule has 210 valence electrons. The molecule has 0 spiro atoms. The zero-order valence-corrected chi connectivity index (χ0v) is 22.7. The lowest BCUT2D eigenvalue weighted by Crippen LogP contribution is -2.43. The molecule has 1 saturated heterocycles. The van der Waals surface area contributed by atoms with Crippen LogP contribution in [0, 0.1) is 0 Å². The first-order valence-electron chi connectivity index (χ1n) is 11.8. The summed E-state index contributed by atoms with van der Waals surface area (Å²) in [4.78, 5) is 45.8. The van der Waals surface area contributed by atoms with Crippen molar-refractivity contribution in [2.75, 3.05) is 24.4 Å². The van der Waals surface area contributed by atoms with Crippen LogP contribution in [0.5, 0.6) is 11.5 Å². The van der Waals surface area contributed by atoms with Gasteiger partial charge in [0, 0.05) is 29.3 Å². The highest BCUT2D eigenvalue weighted by molar-refractivity contribution is 8.00. The molecule has 1 aliphatic heterocycles. The number of carbonyl (C=O) groups is 3. The van der Waals surface area contributed by atoms with Crippen molar-refractivity contribution in [3.8, 4) is 11.5 Å². The number of anilines is 2. The molecular weight excluding hydrogens is 549 g/mol. The number of rotatable bonds is 8. The first-order valence-corrected chi connectivity index (χ1v) is 12.7. The number of methoxy groups -OCH3 is 2. The summed E-state index contributed by atoms with van der Waals surface area (Å²) in [6.45, 7) is 3.18. The second-order valence-electron chi connectivity index (χ2n) is 9.21. The van der Waals surface area contributed by atoms with Gasteiger partial charge in [0.25, 0.3) is 11.8 Å². The third-order valence-electron chi connectivity index (χ3n) is 6.17. The summed E-state index contributed by atoms with van der Waals surface area (Å²) >= 11 is -0.284. The number of hydrogen-bond donors (Lipinski definition) is 1. The Hall–Kier alpha value is -4.26. The van der Waals surface area contributed by atoms with Crippen LogP contribution in [0.1, 0.15) is 29.8 Å². The van der Waals surface area contributed by atoms with Gasteiger partial charge in [-0.1, -0.05) is 0 Å². The van der Waals surface area contributed by atoms with Gasteiger partial charge in [0.1, 0.15) is 22.9 Å². The molecule has 0 saturated carbocycles. The van der Waals surface area contributed by atoms with Gasteiger partial charge in [-0.05, 0) is 79.7 Å². The maximum absolute atomic E-state index is 13.4. The summed E-state index contributed by atoms with van der Waals surface area (Å²) in [5.41, 5.74) is -4.68. The number of imide groups is 1. The topological polar surface area (TPSA) is 101 Å². The third-order valence-corrected chi connectivity index (χ3v) is 6.91. The largest absolute Gasteiger partial charge is 0.497 e. The van der Waals surface area contributed by atoms with E-state index in [9.17, 15) is 27.6 Å². The van der Waals surface area contributed by atoms with E-state index in [1.54, 1.807) is 44.2 Å². The van der Waals surface area contributed by atoms with Crippen molar-refractivity contribution >= 4 is 41.1 Å². The average Bonchev–Trinajstić information content (AvgIpc) is 3.07. The number of urea groups is 1. The third kappa shape index (κ3) is 6.14. The lowest BCUT2D eigenvalue weighted by Gasteiger charge is -2.27. The summed E-state index contributed by atoms with van der Waals surface area (Å²) in [5.74, 6) is 0.0961. The van der Waals surface area contributed by atoms with Crippen molar-refractivity contribution in [3.05, 3.63) is 71.9 Å². The quantitative estimate of drug-likeness (QED) is 0.272. The fourth-order valence-electron chi connectivity index (χ4n) is 4.08. The molecule has 2 heterocycles. The second-order valence-corrected chi connectivity index (χ2v) is 10.4.